The van der Waals surface area contributed by atoms with E-state index in [4.69, 9.17) is 17.2 Å². The Morgan fingerprint density at radius 2 is 1.90 bits per heavy atom. The second-order valence-electron chi connectivity index (χ2n) is 7.06. The van der Waals surface area contributed by atoms with Crippen molar-refractivity contribution in [2.75, 3.05) is 18.8 Å². The Balaban J connectivity index is 2.78. The molecule has 1 heterocycles. The number of carboxylic acid groups (broad SMARTS) is 1. The van der Waals surface area contributed by atoms with Crippen LogP contribution in [0.3, 0.4) is 0 Å². The highest BCUT2D eigenvalue weighted by Gasteiger charge is 2.36. The maximum Gasteiger partial charge on any atom is 0.326 e. The molecule has 0 spiro atoms. The molecular formula is C17H31N7O5S. The SMILES string of the molecule is CC(NC(=O)C(CCCN=C(N)N)NC(=O)C(N)CS)C(=O)N1CCCC1C(=O)O. The number of carbonyl (C=O) groups is 4. The summed E-state index contributed by atoms with van der Waals surface area (Å²) in [5.41, 5.74) is 16.2. The minimum absolute atomic E-state index is 0.0880. The van der Waals surface area contributed by atoms with Crippen LogP contribution in [0.4, 0.5) is 0 Å². The number of hydrogen-bond donors (Lipinski definition) is 7. The summed E-state index contributed by atoms with van der Waals surface area (Å²) >= 11 is 3.96. The minimum atomic E-state index is -1.08. The highest BCUT2D eigenvalue weighted by Crippen LogP contribution is 2.18. The van der Waals surface area contributed by atoms with E-state index in [1.54, 1.807) is 0 Å². The van der Waals surface area contributed by atoms with Crippen LogP contribution in [0.2, 0.25) is 0 Å². The van der Waals surface area contributed by atoms with Crippen molar-refractivity contribution in [1.29, 1.82) is 0 Å². The van der Waals surface area contributed by atoms with Gasteiger partial charge < -0.3 is 37.8 Å². The number of rotatable bonds is 11. The van der Waals surface area contributed by atoms with Crippen LogP contribution in [0.1, 0.15) is 32.6 Å². The molecule has 0 bridgehead atoms. The Bertz CT molecular complexity index is 671. The average molecular weight is 446 g/mol. The molecule has 0 aliphatic carbocycles. The Kier molecular flexibility index (Phi) is 10.4. The van der Waals surface area contributed by atoms with Gasteiger partial charge in [-0.25, -0.2) is 4.79 Å². The summed E-state index contributed by atoms with van der Waals surface area (Å²) < 4.78 is 0. The number of nitrogens with one attached hydrogen (secondary N) is 2. The van der Waals surface area contributed by atoms with Crippen molar-refractivity contribution in [3.05, 3.63) is 0 Å². The number of carboxylic acids is 1. The third-order valence-corrected chi connectivity index (χ3v) is 5.06. The third kappa shape index (κ3) is 7.71. The zero-order valence-electron chi connectivity index (χ0n) is 16.9. The van der Waals surface area contributed by atoms with Gasteiger partial charge in [0, 0.05) is 18.8 Å². The van der Waals surface area contributed by atoms with E-state index in [2.05, 4.69) is 28.3 Å². The third-order valence-electron chi connectivity index (χ3n) is 4.66. The van der Waals surface area contributed by atoms with E-state index in [0.717, 1.165) is 0 Å². The predicted octanol–water partition coefficient (Wildman–Crippen LogP) is -2.64. The maximum absolute atomic E-state index is 12.7. The topological polar surface area (TPSA) is 206 Å². The molecule has 0 aromatic heterocycles. The molecule has 4 atom stereocenters. The fourth-order valence-corrected chi connectivity index (χ4v) is 3.21. The van der Waals surface area contributed by atoms with Crippen LogP contribution in [0.25, 0.3) is 0 Å². The van der Waals surface area contributed by atoms with Crippen molar-refractivity contribution >= 4 is 42.3 Å². The summed E-state index contributed by atoms with van der Waals surface area (Å²) in [5.74, 6) is -2.72. The number of aliphatic carboxylic acids is 1. The van der Waals surface area contributed by atoms with E-state index >= 15 is 0 Å². The van der Waals surface area contributed by atoms with Crippen molar-refractivity contribution in [3.63, 3.8) is 0 Å². The van der Waals surface area contributed by atoms with Gasteiger partial charge in [-0.1, -0.05) is 0 Å². The normalized spacial score (nSPS) is 18.8. The predicted molar refractivity (Wildman–Crippen MR) is 114 cm³/mol. The molecule has 13 heteroatoms. The molecular weight excluding hydrogens is 414 g/mol. The summed E-state index contributed by atoms with van der Waals surface area (Å²) in [6.07, 6.45) is 1.54. The molecule has 0 aromatic carbocycles. The number of guanidine groups is 1. The number of thiol groups is 1. The average Bonchev–Trinajstić information content (AvgIpc) is 3.18. The number of likely N-dealkylation sites (tertiary alicyclic amines) is 1. The van der Waals surface area contributed by atoms with Gasteiger partial charge in [0.1, 0.15) is 18.1 Å². The molecule has 4 unspecified atom stereocenters. The van der Waals surface area contributed by atoms with Crippen LogP contribution in [0.15, 0.2) is 4.99 Å². The van der Waals surface area contributed by atoms with E-state index in [0.29, 0.717) is 25.8 Å². The van der Waals surface area contributed by atoms with E-state index in [1.807, 2.05) is 0 Å². The van der Waals surface area contributed by atoms with Crippen LogP contribution in [-0.4, -0.2) is 82.7 Å². The number of hydrogen-bond acceptors (Lipinski definition) is 7. The van der Waals surface area contributed by atoms with Crippen LogP contribution in [0, 0.1) is 0 Å². The monoisotopic (exact) mass is 445 g/mol. The molecule has 170 valence electrons. The molecule has 0 aromatic rings. The van der Waals surface area contributed by atoms with E-state index in [9.17, 15) is 24.3 Å². The van der Waals surface area contributed by atoms with Gasteiger partial charge in [-0.05, 0) is 32.6 Å². The molecule has 1 aliphatic heterocycles. The van der Waals surface area contributed by atoms with Gasteiger partial charge in [-0.2, -0.15) is 12.6 Å². The highest BCUT2D eigenvalue weighted by atomic mass is 32.1. The lowest BCUT2D eigenvalue weighted by Crippen LogP contribution is -2.56. The first-order chi connectivity index (χ1) is 14.1. The lowest BCUT2D eigenvalue weighted by atomic mass is 10.1. The van der Waals surface area contributed by atoms with Gasteiger partial charge in [-0.3, -0.25) is 19.4 Å². The molecule has 1 rings (SSSR count). The van der Waals surface area contributed by atoms with Crippen molar-refractivity contribution in [3.8, 4) is 0 Å². The summed E-state index contributed by atoms with van der Waals surface area (Å²) in [7, 11) is 0. The number of aliphatic imine (C=N–C) groups is 1. The maximum atomic E-state index is 12.7. The molecule has 9 N–H and O–H groups in total. The standard InChI is InChI=1S/C17H31N7O5S/c1-9(15(27)24-7-3-5-12(24)16(28)29)22-14(26)11(4-2-6-21-17(19)20)23-13(25)10(18)8-30/h9-12,30H,2-8,18H2,1H3,(H,22,26)(H,23,25)(H,28,29)(H4,19,20,21). The Hall–Kier alpha value is -2.54. The fraction of sp³-hybridized carbons (Fsp3) is 0.706. The summed E-state index contributed by atoms with van der Waals surface area (Å²) in [6.45, 7) is 2.03. The van der Waals surface area contributed by atoms with E-state index in [1.165, 1.54) is 11.8 Å². The van der Waals surface area contributed by atoms with Crippen molar-refractivity contribution < 1.29 is 24.3 Å². The molecule has 1 aliphatic rings. The van der Waals surface area contributed by atoms with Gasteiger partial charge >= 0.3 is 5.97 Å². The Labute approximate surface area is 180 Å². The molecule has 1 saturated heterocycles. The minimum Gasteiger partial charge on any atom is -0.480 e. The van der Waals surface area contributed by atoms with E-state index in [-0.39, 0.29) is 24.7 Å². The summed E-state index contributed by atoms with van der Waals surface area (Å²) in [5, 5.41) is 14.3. The molecule has 3 amide bonds. The lowest BCUT2D eigenvalue weighted by Gasteiger charge is -2.27. The number of nitrogens with two attached hydrogens (primary N) is 3. The van der Waals surface area contributed by atoms with Crippen LogP contribution in [0.5, 0.6) is 0 Å². The van der Waals surface area contributed by atoms with Gasteiger partial charge in [-0.15, -0.1) is 0 Å². The van der Waals surface area contributed by atoms with Crippen LogP contribution >= 0.6 is 12.6 Å². The number of nitrogens with zero attached hydrogens (tertiary/aromatic N) is 2. The lowest BCUT2D eigenvalue weighted by molar-refractivity contribution is -0.149. The molecule has 0 saturated carbocycles. The fourth-order valence-electron chi connectivity index (χ4n) is 3.05. The number of carbonyl (C=O) groups excluding carboxylic acids is 3. The highest BCUT2D eigenvalue weighted by molar-refractivity contribution is 7.80. The van der Waals surface area contributed by atoms with E-state index < -0.39 is 47.9 Å². The second kappa shape index (κ2) is 12.2. The smallest absolute Gasteiger partial charge is 0.326 e. The second-order valence-corrected chi connectivity index (χ2v) is 7.42. The first kappa shape index (κ1) is 25.5. The van der Waals surface area contributed by atoms with Gasteiger partial charge in [0.25, 0.3) is 0 Å². The molecule has 12 nitrogen and oxygen atoms in total. The Morgan fingerprint density at radius 1 is 1.23 bits per heavy atom. The molecule has 1 fully saturated rings. The van der Waals surface area contributed by atoms with Gasteiger partial charge in [0.15, 0.2) is 5.96 Å². The quantitative estimate of drug-likeness (QED) is 0.0772. The zero-order chi connectivity index (χ0) is 22.8. The van der Waals surface area contributed by atoms with Crippen molar-refractivity contribution in [1.82, 2.24) is 15.5 Å². The summed E-state index contributed by atoms with van der Waals surface area (Å²) in [6, 6.07) is -3.74. The van der Waals surface area contributed by atoms with Crippen molar-refractivity contribution in [2.24, 2.45) is 22.2 Å². The first-order valence-electron chi connectivity index (χ1n) is 9.64. The van der Waals surface area contributed by atoms with Crippen LogP contribution < -0.4 is 27.8 Å². The molecule has 30 heavy (non-hydrogen) atoms. The van der Waals surface area contributed by atoms with Crippen molar-refractivity contribution in [2.45, 2.75) is 56.8 Å². The Morgan fingerprint density at radius 3 is 2.47 bits per heavy atom. The first-order valence-corrected chi connectivity index (χ1v) is 10.3. The largest absolute Gasteiger partial charge is 0.480 e. The zero-order valence-corrected chi connectivity index (χ0v) is 17.8. The van der Waals surface area contributed by atoms with Crippen LogP contribution in [-0.2, 0) is 19.2 Å². The number of amides is 3. The summed E-state index contributed by atoms with van der Waals surface area (Å²) in [4.78, 5) is 53.8. The van der Waals surface area contributed by atoms with Gasteiger partial charge in [0.2, 0.25) is 17.7 Å². The van der Waals surface area contributed by atoms with Gasteiger partial charge in [0.05, 0.1) is 6.04 Å². The molecule has 0 radical (unpaired) electrons.